The maximum absolute atomic E-state index is 11.9. The summed E-state index contributed by atoms with van der Waals surface area (Å²) in [6.45, 7) is 1.60. The van der Waals surface area contributed by atoms with Crippen LogP contribution in [0.1, 0.15) is 12.0 Å². The molecule has 2 rings (SSSR count). The molecule has 1 aromatic carbocycles. The highest BCUT2D eigenvalue weighted by molar-refractivity contribution is 7.91. The van der Waals surface area contributed by atoms with Gasteiger partial charge < -0.3 is 5.32 Å². The SMILES string of the molecule is Cc1ccc(NC(=O)C2CCS(=O)(=O)C2)cc1[N+](=O)[O-]. The van der Waals surface area contributed by atoms with Crippen molar-refractivity contribution >= 4 is 27.1 Å². The lowest BCUT2D eigenvalue weighted by atomic mass is 10.1. The largest absolute Gasteiger partial charge is 0.326 e. The molecule has 7 nitrogen and oxygen atoms in total. The summed E-state index contributed by atoms with van der Waals surface area (Å²) >= 11 is 0. The van der Waals surface area contributed by atoms with Gasteiger partial charge in [0.05, 0.1) is 22.3 Å². The molecule has 8 heteroatoms. The quantitative estimate of drug-likeness (QED) is 0.668. The molecule has 0 aliphatic carbocycles. The van der Waals surface area contributed by atoms with Crippen LogP contribution in [0.5, 0.6) is 0 Å². The maximum atomic E-state index is 11.9. The first kappa shape index (κ1) is 14.4. The number of anilines is 1. The van der Waals surface area contributed by atoms with Crippen LogP contribution in [0.2, 0.25) is 0 Å². The lowest BCUT2D eigenvalue weighted by Gasteiger charge is -2.09. The summed E-state index contributed by atoms with van der Waals surface area (Å²) in [5, 5.41) is 13.4. The molecular weight excluding hydrogens is 284 g/mol. The smallest absolute Gasteiger partial charge is 0.274 e. The van der Waals surface area contributed by atoms with E-state index in [9.17, 15) is 23.3 Å². The molecule has 20 heavy (non-hydrogen) atoms. The molecule has 1 aliphatic heterocycles. The number of nitro groups is 1. The first-order valence-corrected chi connectivity index (χ1v) is 7.87. The molecule has 0 bridgehead atoms. The van der Waals surface area contributed by atoms with Crippen LogP contribution >= 0.6 is 0 Å². The standard InChI is InChI=1S/C12H14N2O5S/c1-8-2-3-10(6-11(8)14(16)17)13-12(15)9-4-5-20(18,19)7-9/h2-3,6,9H,4-5,7H2,1H3,(H,13,15). The lowest BCUT2D eigenvalue weighted by molar-refractivity contribution is -0.385. The van der Waals surface area contributed by atoms with E-state index in [0.717, 1.165) is 0 Å². The fourth-order valence-corrected chi connectivity index (χ4v) is 3.87. The van der Waals surface area contributed by atoms with E-state index >= 15 is 0 Å². The number of benzene rings is 1. The minimum Gasteiger partial charge on any atom is -0.326 e. The molecule has 0 aromatic heterocycles. The Balaban J connectivity index is 2.13. The molecule has 0 saturated carbocycles. The normalized spacial score (nSPS) is 20.6. The molecule has 1 atom stereocenters. The summed E-state index contributed by atoms with van der Waals surface area (Å²) in [5.41, 5.74) is 0.717. The van der Waals surface area contributed by atoms with Crippen LogP contribution in [0.3, 0.4) is 0 Å². The monoisotopic (exact) mass is 298 g/mol. The minimum atomic E-state index is -3.13. The Morgan fingerprint density at radius 2 is 2.15 bits per heavy atom. The number of amides is 1. The van der Waals surface area contributed by atoms with Crippen molar-refractivity contribution in [3.8, 4) is 0 Å². The summed E-state index contributed by atoms with van der Waals surface area (Å²) in [6.07, 6.45) is 0.294. The zero-order valence-corrected chi connectivity index (χ0v) is 11.6. The van der Waals surface area contributed by atoms with E-state index < -0.39 is 26.6 Å². The second-order valence-electron chi connectivity index (χ2n) is 4.85. The first-order valence-electron chi connectivity index (χ1n) is 6.05. The molecule has 1 aromatic rings. The average Bonchev–Trinajstić information content (AvgIpc) is 2.72. The van der Waals surface area contributed by atoms with E-state index in [2.05, 4.69) is 5.32 Å². The van der Waals surface area contributed by atoms with Gasteiger partial charge in [-0.15, -0.1) is 0 Å². The zero-order valence-electron chi connectivity index (χ0n) is 10.8. The van der Waals surface area contributed by atoms with Crippen molar-refractivity contribution in [2.75, 3.05) is 16.8 Å². The second-order valence-corrected chi connectivity index (χ2v) is 7.08. The van der Waals surface area contributed by atoms with Gasteiger partial charge in [0.15, 0.2) is 9.84 Å². The Hall–Kier alpha value is -1.96. The fourth-order valence-electron chi connectivity index (χ4n) is 2.13. The van der Waals surface area contributed by atoms with E-state index in [0.29, 0.717) is 17.7 Å². The van der Waals surface area contributed by atoms with Gasteiger partial charge in [-0.2, -0.15) is 0 Å². The molecule has 0 spiro atoms. The molecule has 1 saturated heterocycles. The number of nitrogens with one attached hydrogen (secondary N) is 1. The number of hydrogen-bond donors (Lipinski definition) is 1. The highest BCUT2D eigenvalue weighted by Gasteiger charge is 2.33. The summed E-state index contributed by atoms with van der Waals surface area (Å²) in [5.74, 6) is -1.14. The van der Waals surface area contributed by atoms with Gasteiger partial charge in [0, 0.05) is 17.3 Å². The molecule has 1 fully saturated rings. The minimum absolute atomic E-state index is 0.0130. The molecule has 108 valence electrons. The van der Waals surface area contributed by atoms with Crippen molar-refractivity contribution < 1.29 is 18.1 Å². The average molecular weight is 298 g/mol. The molecule has 1 N–H and O–H groups in total. The summed E-state index contributed by atoms with van der Waals surface area (Å²) in [4.78, 5) is 22.2. The van der Waals surface area contributed by atoms with Gasteiger partial charge in [0.1, 0.15) is 0 Å². The van der Waals surface area contributed by atoms with Crippen molar-refractivity contribution in [1.29, 1.82) is 0 Å². The summed E-state index contributed by atoms with van der Waals surface area (Å²) < 4.78 is 22.6. The first-order chi connectivity index (χ1) is 9.28. The van der Waals surface area contributed by atoms with Crippen LogP contribution in [0, 0.1) is 23.0 Å². The van der Waals surface area contributed by atoms with Crippen LogP contribution in [-0.4, -0.2) is 30.8 Å². The van der Waals surface area contributed by atoms with Crippen molar-refractivity contribution in [2.24, 2.45) is 5.92 Å². The summed E-state index contributed by atoms with van der Waals surface area (Å²) in [6, 6.07) is 4.37. The number of aryl methyl sites for hydroxylation is 1. The maximum Gasteiger partial charge on any atom is 0.274 e. The van der Waals surface area contributed by atoms with Gasteiger partial charge in [-0.05, 0) is 19.4 Å². The molecule has 1 aliphatic rings. The topological polar surface area (TPSA) is 106 Å². The van der Waals surface area contributed by atoms with Crippen LogP contribution in [0.25, 0.3) is 0 Å². The number of hydrogen-bond acceptors (Lipinski definition) is 5. The van der Waals surface area contributed by atoms with Crippen LogP contribution in [0.15, 0.2) is 18.2 Å². The highest BCUT2D eigenvalue weighted by atomic mass is 32.2. The predicted octanol–water partition coefficient (Wildman–Crippen LogP) is 1.28. The zero-order chi connectivity index (χ0) is 14.9. The van der Waals surface area contributed by atoms with Gasteiger partial charge in [-0.1, -0.05) is 6.07 Å². The number of carbonyl (C=O) groups is 1. The van der Waals surface area contributed by atoms with Gasteiger partial charge in [0.2, 0.25) is 5.91 Å². The third-order valence-electron chi connectivity index (χ3n) is 3.28. The van der Waals surface area contributed by atoms with Gasteiger partial charge in [-0.25, -0.2) is 8.42 Å². The van der Waals surface area contributed by atoms with Crippen LogP contribution in [0.4, 0.5) is 11.4 Å². The van der Waals surface area contributed by atoms with Gasteiger partial charge in [-0.3, -0.25) is 14.9 Å². The molecule has 1 heterocycles. The highest BCUT2D eigenvalue weighted by Crippen LogP contribution is 2.24. The molecule has 1 amide bonds. The molecular formula is C12H14N2O5S. The van der Waals surface area contributed by atoms with Crippen molar-refractivity contribution in [1.82, 2.24) is 0 Å². The Kier molecular flexibility index (Phi) is 3.76. The Bertz CT molecular complexity index is 668. The lowest BCUT2D eigenvalue weighted by Crippen LogP contribution is -2.23. The Morgan fingerprint density at radius 3 is 2.70 bits per heavy atom. The van der Waals surface area contributed by atoms with Gasteiger partial charge in [0.25, 0.3) is 5.69 Å². The van der Waals surface area contributed by atoms with E-state index in [1.54, 1.807) is 19.1 Å². The van der Waals surface area contributed by atoms with E-state index in [1.165, 1.54) is 6.07 Å². The molecule has 1 unspecified atom stereocenters. The van der Waals surface area contributed by atoms with Crippen molar-refractivity contribution in [3.05, 3.63) is 33.9 Å². The van der Waals surface area contributed by atoms with E-state index in [4.69, 9.17) is 0 Å². The van der Waals surface area contributed by atoms with E-state index in [-0.39, 0.29) is 17.2 Å². The Labute approximate surface area is 116 Å². The number of rotatable bonds is 3. The number of nitro benzene ring substituents is 1. The third kappa shape index (κ3) is 3.13. The van der Waals surface area contributed by atoms with Crippen molar-refractivity contribution in [2.45, 2.75) is 13.3 Å². The van der Waals surface area contributed by atoms with Gasteiger partial charge >= 0.3 is 0 Å². The number of sulfone groups is 1. The number of nitrogens with zero attached hydrogens (tertiary/aromatic N) is 1. The van der Waals surface area contributed by atoms with Crippen molar-refractivity contribution in [3.63, 3.8) is 0 Å². The van der Waals surface area contributed by atoms with Crippen LogP contribution in [-0.2, 0) is 14.6 Å². The summed E-state index contributed by atoms with van der Waals surface area (Å²) in [7, 11) is -3.13. The predicted molar refractivity (Wildman–Crippen MR) is 73.2 cm³/mol. The Morgan fingerprint density at radius 1 is 1.45 bits per heavy atom. The third-order valence-corrected chi connectivity index (χ3v) is 5.04. The van der Waals surface area contributed by atoms with Crippen LogP contribution < -0.4 is 5.32 Å². The number of carbonyl (C=O) groups excluding carboxylic acids is 1. The molecule has 0 radical (unpaired) electrons. The van der Waals surface area contributed by atoms with E-state index in [1.807, 2.05) is 0 Å². The second kappa shape index (κ2) is 5.20. The fraction of sp³-hybridized carbons (Fsp3) is 0.417.